The van der Waals surface area contributed by atoms with E-state index in [0.29, 0.717) is 35.7 Å². The van der Waals surface area contributed by atoms with Crippen molar-refractivity contribution < 1.29 is 23.4 Å². The summed E-state index contributed by atoms with van der Waals surface area (Å²) in [6.45, 7) is 2.38. The van der Waals surface area contributed by atoms with Crippen LogP contribution in [0, 0.1) is 5.82 Å². The molecule has 0 N–H and O–H groups in total. The second kappa shape index (κ2) is 7.31. The lowest BCUT2D eigenvalue weighted by atomic mass is 9.94. The summed E-state index contributed by atoms with van der Waals surface area (Å²) in [7, 11) is 3.15. The predicted octanol–water partition coefficient (Wildman–Crippen LogP) is 4.77. The summed E-state index contributed by atoms with van der Waals surface area (Å²) >= 11 is 1.48. The quantitative estimate of drug-likeness (QED) is 0.578. The van der Waals surface area contributed by atoms with Crippen molar-refractivity contribution >= 4 is 17.3 Å². The third kappa shape index (κ3) is 2.77. The molecular weight excluding hydrogens is 381 g/mol. The van der Waals surface area contributed by atoms with Crippen LogP contribution in [0.25, 0.3) is 22.4 Å². The number of hydrogen-bond acceptors (Lipinski definition) is 5. The minimum atomic E-state index is -0.647. The van der Waals surface area contributed by atoms with Gasteiger partial charge in [0.1, 0.15) is 0 Å². The Morgan fingerprint density at radius 2 is 2.00 bits per heavy atom. The Kier molecular flexibility index (Phi) is 4.85. The van der Waals surface area contributed by atoms with Crippen LogP contribution >= 0.6 is 11.3 Å². The van der Waals surface area contributed by atoms with E-state index in [1.54, 1.807) is 25.7 Å². The predicted molar refractivity (Wildman–Crippen MR) is 106 cm³/mol. The number of carbonyl (C=O) groups excluding carboxylic acids is 1. The number of rotatable bonds is 5. The molecule has 3 aromatic rings. The second-order valence-electron chi connectivity index (χ2n) is 6.38. The Labute approximate surface area is 166 Å². The molecule has 0 atom stereocenters. The number of halogens is 1. The van der Waals surface area contributed by atoms with E-state index in [4.69, 9.17) is 14.2 Å². The van der Waals surface area contributed by atoms with Gasteiger partial charge in [-0.25, -0.2) is 9.18 Å². The molecule has 1 aromatic carbocycles. The van der Waals surface area contributed by atoms with Crippen molar-refractivity contribution in [1.29, 1.82) is 0 Å². The largest absolute Gasteiger partial charge is 0.493 e. The maximum Gasteiger partial charge on any atom is 0.358 e. The monoisotopic (exact) mass is 401 g/mol. The first-order valence-corrected chi connectivity index (χ1v) is 9.91. The van der Waals surface area contributed by atoms with Crippen LogP contribution in [0.2, 0.25) is 0 Å². The lowest BCUT2D eigenvalue weighted by molar-refractivity contribution is 0.0508. The molecular formula is C21H20FNO4S. The smallest absolute Gasteiger partial charge is 0.358 e. The summed E-state index contributed by atoms with van der Waals surface area (Å²) in [4.78, 5) is 12.5. The fourth-order valence-corrected chi connectivity index (χ4v) is 4.39. The molecule has 0 unspecified atom stereocenters. The highest BCUT2D eigenvalue weighted by Crippen LogP contribution is 2.46. The van der Waals surface area contributed by atoms with E-state index in [2.05, 4.69) is 0 Å². The molecule has 28 heavy (non-hydrogen) atoms. The van der Waals surface area contributed by atoms with Crippen LogP contribution in [0.3, 0.4) is 0 Å². The van der Waals surface area contributed by atoms with Gasteiger partial charge in [0, 0.05) is 17.7 Å². The average Bonchev–Trinajstić information content (AvgIpc) is 3.32. The number of carbonyl (C=O) groups is 1. The highest BCUT2D eigenvalue weighted by molar-refractivity contribution is 7.08. The second-order valence-corrected chi connectivity index (χ2v) is 7.16. The summed E-state index contributed by atoms with van der Waals surface area (Å²) in [5, 5.41) is 3.77. The zero-order valence-corrected chi connectivity index (χ0v) is 16.7. The summed E-state index contributed by atoms with van der Waals surface area (Å²) in [5.41, 5.74) is 3.65. The molecule has 0 aliphatic carbocycles. The number of benzene rings is 1. The third-order valence-electron chi connectivity index (χ3n) is 4.95. The van der Waals surface area contributed by atoms with Gasteiger partial charge in [-0.15, -0.1) is 0 Å². The number of ether oxygens (including phenoxy) is 3. The van der Waals surface area contributed by atoms with Gasteiger partial charge in [0.25, 0.3) is 0 Å². The fourth-order valence-electron chi connectivity index (χ4n) is 3.74. The van der Waals surface area contributed by atoms with Crippen LogP contribution in [0.4, 0.5) is 4.39 Å². The third-order valence-corrected chi connectivity index (χ3v) is 5.64. The van der Waals surface area contributed by atoms with E-state index in [9.17, 15) is 4.79 Å². The average molecular weight is 401 g/mol. The van der Waals surface area contributed by atoms with E-state index in [0.717, 1.165) is 16.7 Å². The van der Waals surface area contributed by atoms with Crippen molar-refractivity contribution in [3.63, 3.8) is 0 Å². The molecule has 0 bridgehead atoms. The van der Waals surface area contributed by atoms with Crippen LogP contribution in [0.5, 0.6) is 11.5 Å². The molecule has 0 spiro atoms. The molecule has 0 amide bonds. The van der Waals surface area contributed by atoms with E-state index in [1.165, 1.54) is 11.3 Å². The van der Waals surface area contributed by atoms with Crippen LogP contribution < -0.4 is 9.47 Å². The van der Waals surface area contributed by atoms with Crippen LogP contribution in [0.1, 0.15) is 23.0 Å². The Morgan fingerprint density at radius 1 is 1.25 bits per heavy atom. The zero-order chi connectivity index (χ0) is 19.8. The van der Waals surface area contributed by atoms with E-state index < -0.39 is 11.8 Å². The molecule has 5 nitrogen and oxygen atoms in total. The van der Waals surface area contributed by atoms with Gasteiger partial charge in [-0.2, -0.15) is 11.3 Å². The summed E-state index contributed by atoms with van der Waals surface area (Å²) < 4.78 is 33.3. The molecule has 4 rings (SSSR count). The molecule has 0 radical (unpaired) electrons. The molecule has 2 aromatic heterocycles. The van der Waals surface area contributed by atoms with Gasteiger partial charge in [0.05, 0.1) is 26.5 Å². The normalized spacial score (nSPS) is 12.3. The first kappa shape index (κ1) is 18.6. The van der Waals surface area contributed by atoms with E-state index in [1.807, 2.05) is 29.0 Å². The van der Waals surface area contributed by atoms with Crippen molar-refractivity contribution in [3.05, 3.63) is 46.0 Å². The number of esters is 1. The molecule has 1 aliphatic rings. The maximum atomic E-state index is 15.5. The summed E-state index contributed by atoms with van der Waals surface area (Å²) in [6.07, 6.45) is 0.645. The number of methoxy groups -OCH3 is 2. The van der Waals surface area contributed by atoms with Gasteiger partial charge in [0.2, 0.25) is 0 Å². The van der Waals surface area contributed by atoms with Crippen molar-refractivity contribution in [2.24, 2.45) is 0 Å². The molecule has 1 aliphatic heterocycles. The van der Waals surface area contributed by atoms with E-state index >= 15 is 4.39 Å². The van der Waals surface area contributed by atoms with Gasteiger partial charge in [0.15, 0.2) is 23.0 Å². The molecule has 146 valence electrons. The highest BCUT2D eigenvalue weighted by Gasteiger charge is 2.33. The number of nitrogens with zero attached hydrogens (tertiary/aromatic N) is 1. The van der Waals surface area contributed by atoms with Crippen molar-refractivity contribution in [2.45, 2.75) is 19.9 Å². The lowest BCUT2D eigenvalue weighted by Gasteiger charge is -2.23. The Bertz CT molecular complexity index is 1040. The van der Waals surface area contributed by atoms with Crippen LogP contribution in [-0.4, -0.2) is 31.4 Å². The molecule has 0 fully saturated rings. The lowest BCUT2D eigenvalue weighted by Crippen LogP contribution is -2.18. The topological polar surface area (TPSA) is 49.7 Å². The number of aryl methyl sites for hydroxylation is 1. The van der Waals surface area contributed by atoms with Gasteiger partial charge in [-0.1, -0.05) is 0 Å². The Morgan fingerprint density at radius 3 is 2.64 bits per heavy atom. The number of thiophene rings is 1. The van der Waals surface area contributed by atoms with Crippen molar-refractivity contribution in [2.75, 3.05) is 20.8 Å². The van der Waals surface area contributed by atoms with Crippen LogP contribution in [-0.2, 0) is 17.7 Å². The Hall–Kier alpha value is -2.80. The zero-order valence-electron chi connectivity index (χ0n) is 15.9. The number of aromatic nitrogens is 1. The first-order chi connectivity index (χ1) is 13.6. The van der Waals surface area contributed by atoms with Crippen LogP contribution in [0.15, 0.2) is 29.0 Å². The van der Waals surface area contributed by atoms with Gasteiger partial charge >= 0.3 is 5.97 Å². The van der Waals surface area contributed by atoms with Gasteiger partial charge in [-0.05, 0) is 53.4 Å². The SMILES string of the molecule is CCOC(=O)c1c(F)c(-c2ccsc2)c2n1CCc1cc(OC)c(OC)cc1-2. The number of fused-ring (bicyclic) bond motifs is 3. The Balaban J connectivity index is 2.03. The minimum absolute atomic E-state index is 0.0292. The summed E-state index contributed by atoms with van der Waals surface area (Å²) in [6, 6.07) is 5.63. The number of hydrogen-bond donors (Lipinski definition) is 0. The van der Waals surface area contributed by atoms with Crippen molar-refractivity contribution in [3.8, 4) is 33.9 Å². The summed E-state index contributed by atoms with van der Waals surface area (Å²) in [5.74, 6) is -0.00386. The van der Waals surface area contributed by atoms with Gasteiger partial charge < -0.3 is 18.8 Å². The van der Waals surface area contributed by atoms with Crippen molar-refractivity contribution in [1.82, 2.24) is 4.57 Å². The molecule has 0 saturated heterocycles. The first-order valence-electron chi connectivity index (χ1n) is 8.97. The standard InChI is InChI=1S/C21H20FNO4S/c1-4-27-21(24)20-18(22)17(13-6-8-28-11-13)19-14-10-16(26-3)15(25-2)9-12(14)5-7-23(19)20/h6,8-11H,4-5,7H2,1-3H3. The minimum Gasteiger partial charge on any atom is -0.493 e. The highest BCUT2D eigenvalue weighted by atomic mass is 32.1. The fraction of sp³-hybridized carbons (Fsp3) is 0.286. The van der Waals surface area contributed by atoms with E-state index in [-0.39, 0.29) is 12.3 Å². The molecule has 7 heteroatoms. The molecule has 0 saturated carbocycles. The maximum absolute atomic E-state index is 15.5. The van der Waals surface area contributed by atoms with Gasteiger partial charge in [-0.3, -0.25) is 0 Å². The molecule has 3 heterocycles.